The van der Waals surface area contributed by atoms with Gasteiger partial charge in [-0.1, -0.05) is 30.3 Å². The smallest absolute Gasteiger partial charge is 0.0876 e. The lowest BCUT2D eigenvalue weighted by Gasteiger charge is -2.20. The molecule has 0 aliphatic carbocycles. The molecule has 0 bridgehead atoms. The number of hydrogen-bond donors (Lipinski definition) is 0. The first-order valence-corrected chi connectivity index (χ1v) is 8.43. The van der Waals surface area contributed by atoms with Crippen molar-refractivity contribution in [1.29, 1.82) is 0 Å². The third kappa shape index (κ3) is 4.83. The van der Waals surface area contributed by atoms with Crippen molar-refractivity contribution < 1.29 is 8.95 Å². The van der Waals surface area contributed by atoms with E-state index in [4.69, 9.17) is 4.74 Å². The fraction of sp³-hybridized carbons (Fsp3) is 0.500. The normalized spacial score (nSPS) is 24.2. The van der Waals surface area contributed by atoms with Crippen LogP contribution in [0.4, 0.5) is 0 Å². The van der Waals surface area contributed by atoms with Crippen LogP contribution in [-0.4, -0.2) is 22.3 Å². The first kappa shape index (κ1) is 14.3. The molecule has 0 aromatic heterocycles. The molecule has 0 spiro atoms. The molecule has 1 fully saturated rings. The van der Waals surface area contributed by atoms with Gasteiger partial charge in [0.2, 0.25) is 0 Å². The maximum atomic E-state index is 11.5. The maximum Gasteiger partial charge on any atom is 0.0876 e. The summed E-state index contributed by atoms with van der Waals surface area (Å²) >= 11 is 0. The second-order valence-corrected chi connectivity index (χ2v) is 6.77. The molecular weight excluding hydrogens is 256 g/mol. The van der Waals surface area contributed by atoms with Crippen molar-refractivity contribution in [1.82, 2.24) is 0 Å². The molecule has 0 radical (unpaired) electrons. The molecule has 19 heavy (non-hydrogen) atoms. The zero-order valence-electron chi connectivity index (χ0n) is 11.5. The van der Waals surface area contributed by atoms with E-state index in [-0.39, 0.29) is 0 Å². The largest absolute Gasteiger partial charge is 0.501 e. The average Bonchev–Trinajstić information content (AvgIpc) is 2.44. The zero-order valence-corrected chi connectivity index (χ0v) is 12.3. The molecule has 2 rings (SSSR count). The lowest BCUT2D eigenvalue weighted by molar-refractivity contribution is 0.223. The molecule has 104 valence electrons. The third-order valence-electron chi connectivity index (χ3n) is 3.54. The van der Waals surface area contributed by atoms with Gasteiger partial charge in [0, 0.05) is 22.3 Å². The number of rotatable bonds is 5. The van der Waals surface area contributed by atoms with Crippen LogP contribution in [0.15, 0.2) is 36.6 Å². The predicted octanol–water partition coefficient (Wildman–Crippen LogP) is 3.61. The van der Waals surface area contributed by atoms with Gasteiger partial charge < -0.3 is 4.74 Å². The van der Waals surface area contributed by atoms with Gasteiger partial charge in [-0.2, -0.15) is 0 Å². The van der Waals surface area contributed by atoms with Gasteiger partial charge in [0.05, 0.1) is 12.9 Å². The summed E-state index contributed by atoms with van der Waals surface area (Å²) in [6.07, 6.45) is 5.17. The molecule has 1 aromatic rings. The number of hydrogen-bond acceptors (Lipinski definition) is 2. The van der Waals surface area contributed by atoms with E-state index in [1.54, 1.807) is 0 Å². The standard InChI is InChI=1S/C16H22O2S/c1-14(16-7-3-2-4-8-16)12-18-10-9-15-6-5-11-19(17)13-15/h2-4,7-8,12,15H,5-6,9-11,13H2,1H3/b14-12-. The van der Waals surface area contributed by atoms with E-state index >= 15 is 0 Å². The van der Waals surface area contributed by atoms with Gasteiger partial charge in [-0.05, 0) is 43.2 Å². The quantitative estimate of drug-likeness (QED) is 0.607. The Morgan fingerprint density at radius 1 is 1.42 bits per heavy atom. The molecule has 0 saturated carbocycles. The summed E-state index contributed by atoms with van der Waals surface area (Å²) in [5.74, 6) is 2.34. The van der Waals surface area contributed by atoms with Crippen LogP contribution in [0.2, 0.25) is 0 Å². The molecule has 1 aliphatic rings. The third-order valence-corrected chi connectivity index (χ3v) is 5.13. The summed E-state index contributed by atoms with van der Waals surface area (Å²) in [5, 5.41) is 0. The minimum atomic E-state index is -0.585. The van der Waals surface area contributed by atoms with Crippen LogP contribution in [0.25, 0.3) is 5.57 Å². The van der Waals surface area contributed by atoms with Crippen molar-refractivity contribution in [2.75, 3.05) is 18.1 Å². The van der Waals surface area contributed by atoms with Gasteiger partial charge in [-0.15, -0.1) is 0 Å². The lowest BCUT2D eigenvalue weighted by Crippen LogP contribution is -2.21. The summed E-state index contributed by atoms with van der Waals surface area (Å²) in [6.45, 7) is 2.79. The highest BCUT2D eigenvalue weighted by Gasteiger charge is 2.17. The minimum Gasteiger partial charge on any atom is -0.501 e. The number of benzene rings is 1. The molecule has 1 aromatic carbocycles. The second kappa shape index (κ2) is 7.49. The van der Waals surface area contributed by atoms with Gasteiger partial charge in [0.15, 0.2) is 0 Å². The molecule has 2 atom stereocenters. The number of allylic oxidation sites excluding steroid dienone is 1. The Morgan fingerprint density at radius 3 is 2.95 bits per heavy atom. The van der Waals surface area contributed by atoms with Crippen molar-refractivity contribution in [3.63, 3.8) is 0 Å². The Bertz CT molecular complexity index is 439. The minimum absolute atomic E-state index is 0.583. The summed E-state index contributed by atoms with van der Waals surface area (Å²) in [6, 6.07) is 10.2. The van der Waals surface area contributed by atoms with E-state index in [0.29, 0.717) is 5.92 Å². The fourth-order valence-corrected chi connectivity index (χ4v) is 3.89. The predicted molar refractivity (Wildman–Crippen MR) is 81.3 cm³/mol. The molecular formula is C16H22O2S. The van der Waals surface area contributed by atoms with Gasteiger partial charge in [-0.3, -0.25) is 4.21 Å². The van der Waals surface area contributed by atoms with Crippen molar-refractivity contribution in [2.24, 2.45) is 5.92 Å². The molecule has 1 aliphatic heterocycles. The zero-order chi connectivity index (χ0) is 13.5. The Labute approximate surface area is 118 Å². The van der Waals surface area contributed by atoms with E-state index in [9.17, 15) is 4.21 Å². The second-order valence-electron chi connectivity index (χ2n) is 5.15. The van der Waals surface area contributed by atoms with Crippen LogP contribution in [0.5, 0.6) is 0 Å². The van der Waals surface area contributed by atoms with E-state index in [1.165, 1.54) is 12.0 Å². The topological polar surface area (TPSA) is 26.3 Å². The average molecular weight is 278 g/mol. The summed E-state index contributed by atoms with van der Waals surface area (Å²) < 4.78 is 17.1. The SMILES string of the molecule is C/C(=C/OCCC1CCCS(=O)C1)c1ccccc1. The first-order chi connectivity index (χ1) is 9.25. The highest BCUT2D eigenvalue weighted by molar-refractivity contribution is 7.85. The summed E-state index contributed by atoms with van der Waals surface area (Å²) in [7, 11) is -0.585. The highest BCUT2D eigenvalue weighted by atomic mass is 32.2. The van der Waals surface area contributed by atoms with E-state index in [0.717, 1.165) is 36.5 Å². The van der Waals surface area contributed by atoms with Crippen LogP contribution >= 0.6 is 0 Å². The summed E-state index contributed by atoms with van der Waals surface area (Å²) in [5.41, 5.74) is 2.34. The Balaban J connectivity index is 1.72. The molecule has 1 saturated heterocycles. The first-order valence-electron chi connectivity index (χ1n) is 6.94. The molecule has 1 heterocycles. The van der Waals surface area contributed by atoms with E-state index in [1.807, 2.05) is 24.5 Å². The Hall–Kier alpha value is -1.09. The monoisotopic (exact) mass is 278 g/mol. The molecule has 2 unspecified atom stereocenters. The number of ether oxygens (including phenoxy) is 1. The molecule has 0 amide bonds. The van der Waals surface area contributed by atoms with Crippen LogP contribution < -0.4 is 0 Å². The van der Waals surface area contributed by atoms with Gasteiger partial charge in [0.25, 0.3) is 0 Å². The van der Waals surface area contributed by atoms with Crippen LogP contribution in [0.3, 0.4) is 0 Å². The van der Waals surface area contributed by atoms with E-state index in [2.05, 4.69) is 19.1 Å². The van der Waals surface area contributed by atoms with Crippen molar-refractivity contribution in [3.8, 4) is 0 Å². The lowest BCUT2D eigenvalue weighted by atomic mass is 10.0. The molecule has 2 nitrogen and oxygen atoms in total. The maximum absolute atomic E-state index is 11.5. The molecule has 0 N–H and O–H groups in total. The van der Waals surface area contributed by atoms with Gasteiger partial charge >= 0.3 is 0 Å². The van der Waals surface area contributed by atoms with Gasteiger partial charge in [0.1, 0.15) is 0 Å². The van der Waals surface area contributed by atoms with Crippen LogP contribution in [0, 0.1) is 5.92 Å². The Kier molecular flexibility index (Phi) is 5.64. The van der Waals surface area contributed by atoms with Crippen molar-refractivity contribution >= 4 is 16.4 Å². The van der Waals surface area contributed by atoms with Crippen LogP contribution in [-0.2, 0) is 15.5 Å². The molecule has 3 heteroatoms. The van der Waals surface area contributed by atoms with Crippen molar-refractivity contribution in [3.05, 3.63) is 42.2 Å². The summed E-state index contributed by atoms with van der Waals surface area (Å²) in [4.78, 5) is 0. The van der Waals surface area contributed by atoms with Crippen LogP contribution in [0.1, 0.15) is 31.7 Å². The fourth-order valence-electron chi connectivity index (χ4n) is 2.38. The van der Waals surface area contributed by atoms with E-state index < -0.39 is 10.8 Å². The van der Waals surface area contributed by atoms with Crippen molar-refractivity contribution in [2.45, 2.75) is 26.2 Å². The Morgan fingerprint density at radius 2 is 2.21 bits per heavy atom. The highest BCUT2D eigenvalue weighted by Crippen LogP contribution is 2.19. The van der Waals surface area contributed by atoms with Gasteiger partial charge in [-0.25, -0.2) is 0 Å².